The van der Waals surface area contributed by atoms with Gasteiger partial charge in [0.15, 0.2) is 0 Å². The molecule has 1 aromatic carbocycles. The highest BCUT2D eigenvalue weighted by Gasteiger charge is 2.32. The molecule has 0 spiro atoms. The fraction of sp³-hybridized carbons (Fsp3) is 0.391. The SMILES string of the molecule is Cc1cc(-c2nc(-c3ccc(OC(F)(F)F)c(CO)c3)n3c2CCO[C@H](C)C3)cc(C)n1. The van der Waals surface area contributed by atoms with Crippen molar-refractivity contribution >= 4 is 0 Å². The van der Waals surface area contributed by atoms with E-state index >= 15 is 0 Å². The van der Waals surface area contributed by atoms with Gasteiger partial charge >= 0.3 is 6.36 Å². The summed E-state index contributed by atoms with van der Waals surface area (Å²) < 4.78 is 50.1. The number of aromatic nitrogens is 3. The topological polar surface area (TPSA) is 69.4 Å². The molecule has 2 aromatic heterocycles. The highest BCUT2D eigenvalue weighted by atomic mass is 19.4. The lowest BCUT2D eigenvalue weighted by molar-refractivity contribution is -0.275. The van der Waals surface area contributed by atoms with Crippen LogP contribution in [0.2, 0.25) is 0 Å². The standard InChI is InChI=1S/C23H24F3N3O3/c1-13-8-17(9-14(2)27-13)21-19-6-7-31-15(3)11-29(19)22(28-21)16-4-5-20(18(10-16)12-30)32-23(24,25)26/h4-5,8-10,15,30H,6-7,11-12H2,1-3H3/t15-/m1/s1. The third-order valence-corrected chi connectivity index (χ3v) is 5.32. The molecule has 0 saturated carbocycles. The number of halogens is 3. The Bertz CT molecular complexity index is 1120. The number of hydrogen-bond acceptors (Lipinski definition) is 5. The second kappa shape index (κ2) is 8.55. The van der Waals surface area contributed by atoms with E-state index in [2.05, 4.69) is 14.3 Å². The van der Waals surface area contributed by atoms with Crippen LogP contribution in [0.3, 0.4) is 0 Å². The zero-order valence-corrected chi connectivity index (χ0v) is 18.0. The molecule has 0 radical (unpaired) electrons. The van der Waals surface area contributed by atoms with E-state index in [0.717, 1.165) is 28.3 Å². The van der Waals surface area contributed by atoms with Crippen LogP contribution >= 0.6 is 0 Å². The summed E-state index contributed by atoms with van der Waals surface area (Å²) in [5, 5.41) is 9.65. The summed E-state index contributed by atoms with van der Waals surface area (Å²) in [6.07, 6.45) is -4.25. The van der Waals surface area contributed by atoms with Gasteiger partial charge in [-0.05, 0) is 51.1 Å². The van der Waals surface area contributed by atoms with Gasteiger partial charge in [-0.1, -0.05) is 0 Å². The van der Waals surface area contributed by atoms with Crippen LogP contribution in [0.25, 0.3) is 22.6 Å². The van der Waals surface area contributed by atoms with Crippen molar-refractivity contribution in [3.63, 3.8) is 0 Å². The maximum atomic E-state index is 12.7. The second-order valence-corrected chi connectivity index (χ2v) is 7.94. The van der Waals surface area contributed by atoms with Gasteiger partial charge in [-0.2, -0.15) is 0 Å². The lowest BCUT2D eigenvalue weighted by atomic mass is 10.1. The Morgan fingerprint density at radius 1 is 1.12 bits per heavy atom. The first-order chi connectivity index (χ1) is 15.1. The molecule has 4 rings (SSSR count). The van der Waals surface area contributed by atoms with Crippen molar-refractivity contribution < 1.29 is 27.8 Å². The highest BCUT2D eigenvalue weighted by Crippen LogP contribution is 2.35. The van der Waals surface area contributed by atoms with E-state index in [0.29, 0.717) is 31.0 Å². The number of alkyl halides is 3. The van der Waals surface area contributed by atoms with E-state index in [4.69, 9.17) is 9.72 Å². The Balaban J connectivity index is 1.87. The highest BCUT2D eigenvalue weighted by molar-refractivity contribution is 5.70. The third kappa shape index (κ3) is 4.63. The molecule has 6 nitrogen and oxygen atoms in total. The van der Waals surface area contributed by atoms with Gasteiger partial charge in [0.05, 0.1) is 31.6 Å². The maximum Gasteiger partial charge on any atom is 0.573 e. The van der Waals surface area contributed by atoms with Crippen LogP contribution in [-0.4, -0.2) is 38.7 Å². The van der Waals surface area contributed by atoms with E-state index in [9.17, 15) is 18.3 Å². The summed E-state index contributed by atoms with van der Waals surface area (Å²) in [6, 6.07) is 8.16. The van der Waals surface area contributed by atoms with E-state index in [1.807, 2.05) is 32.9 Å². The number of benzene rings is 1. The summed E-state index contributed by atoms with van der Waals surface area (Å²) in [5.41, 5.74) is 5.09. The molecule has 0 bridgehead atoms. The Hall–Kier alpha value is -2.91. The number of aliphatic hydroxyl groups is 1. The van der Waals surface area contributed by atoms with Crippen LogP contribution in [0.5, 0.6) is 5.75 Å². The summed E-state index contributed by atoms with van der Waals surface area (Å²) >= 11 is 0. The fourth-order valence-electron chi connectivity index (χ4n) is 4.09. The monoisotopic (exact) mass is 447 g/mol. The molecule has 3 aromatic rings. The zero-order chi connectivity index (χ0) is 23.0. The van der Waals surface area contributed by atoms with Gasteiger partial charge < -0.3 is 19.1 Å². The first-order valence-corrected chi connectivity index (χ1v) is 10.3. The van der Waals surface area contributed by atoms with Crippen LogP contribution in [0.1, 0.15) is 29.6 Å². The van der Waals surface area contributed by atoms with Gasteiger partial charge in [-0.25, -0.2) is 4.98 Å². The lowest BCUT2D eigenvalue weighted by Crippen LogP contribution is -2.18. The van der Waals surface area contributed by atoms with Crippen molar-refractivity contribution in [2.24, 2.45) is 0 Å². The van der Waals surface area contributed by atoms with Gasteiger partial charge in [0.1, 0.15) is 11.6 Å². The quantitative estimate of drug-likeness (QED) is 0.634. The van der Waals surface area contributed by atoms with Gasteiger partial charge in [-0.3, -0.25) is 4.98 Å². The van der Waals surface area contributed by atoms with Crippen molar-refractivity contribution in [1.82, 2.24) is 14.5 Å². The molecule has 0 aliphatic carbocycles. The smallest absolute Gasteiger partial charge is 0.405 e. The number of aliphatic hydroxyl groups excluding tert-OH is 1. The third-order valence-electron chi connectivity index (χ3n) is 5.32. The predicted octanol–water partition coefficient (Wildman–Crippen LogP) is 4.58. The van der Waals surface area contributed by atoms with Crippen molar-refractivity contribution in [2.45, 2.75) is 52.8 Å². The molecule has 1 aliphatic heterocycles. The minimum atomic E-state index is -4.84. The molecular weight excluding hydrogens is 423 g/mol. The molecular formula is C23H24F3N3O3. The number of imidazole rings is 1. The van der Waals surface area contributed by atoms with Gasteiger partial charge in [0, 0.05) is 40.2 Å². The minimum Gasteiger partial charge on any atom is -0.405 e. The minimum absolute atomic E-state index is 0.0345. The zero-order valence-electron chi connectivity index (χ0n) is 18.0. The molecule has 1 aliphatic rings. The fourth-order valence-corrected chi connectivity index (χ4v) is 4.09. The van der Waals surface area contributed by atoms with Gasteiger partial charge in [-0.15, -0.1) is 13.2 Å². The predicted molar refractivity (Wildman–Crippen MR) is 112 cm³/mol. The number of aryl methyl sites for hydroxylation is 2. The molecule has 0 saturated heterocycles. The van der Waals surface area contributed by atoms with Crippen LogP contribution in [0, 0.1) is 13.8 Å². The molecule has 32 heavy (non-hydrogen) atoms. The number of rotatable bonds is 4. The van der Waals surface area contributed by atoms with Crippen molar-refractivity contribution in [1.29, 1.82) is 0 Å². The second-order valence-electron chi connectivity index (χ2n) is 7.94. The summed E-state index contributed by atoms with van der Waals surface area (Å²) in [6.45, 7) is 6.31. The largest absolute Gasteiger partial charge is 0.573 e. The number of fused-ring (bicyclic) bond motifs is 1. The Labute approximate surface area is 183 Å². The molecule has 170 valence electrons. The van der Waals surface area contributed by atoms with Crippen molar-refractivity contribution in [3.8, 4) is 28.4 Å². The van der Waals surface area contributed by atoms with E-state index < -0.39 is 18.7 Å². The Morgan fingerprint density at radius 2 is 1.84 bits per heavy atom. The van der Waals surface area contributed by atoms with E-state index in [1.165, 1.54) is 18.2 Å². The van der Waals surface area contributed by atoms with Gasteiger partial charge in [0.2, 0.25) is 0 Å². The van der Waals surface area contributed by atoms with Crippen molar-refractivity contribution in [3.05, 3.63) is 53.0 Å². The maximum absolute atomic E-state index is 12.7. The molecule has 1 N–H and O–H groups in total. The molecule has 0 fully saturated rings. The van der Waals surface area contributed by atoms with Crippen LogP contribution in [0.4, 0.5) is 13.2 Å². The Kier molecular flexibility index (Phi) is 5.96. The molecule has 1 atom stereocenters. The molecule has 9 heteroatoms. The summed E-state index contributed by atoms with van der Waals surface area (Å²) in [4.78, 5) is 9.34. The summed E-state index contributed by atoms with van der Waals surface area (Å²) in [7, 11) is 0. The normalized spacial score (nSPS) is 16.5. The van der Waals surface area contributed by atoms with Gasteiger partial charge in [0.25, 0.3) is 0 Å². The van der Waals surface area contributed by atoms with E-state index in [-0.39, 0.29) is 11.7 Å². The number of hydrogen-bond donors (Lipinski definition) is 1. The molecule has 0 amide bonds. The number of ether oxygens (including phenoxy) is 2. The first-order valence-electron chi connectivity index (χ1n) is 10.3. The number of nitrogens with zero attached hydrogens (tertiary/aromatic N) is 3. The van der Waals surface area contributed by atoms with Crippen LogP contribution in [-0.2, 0) is 24.3 Å². The molecule has 3 heterocycles. The van der Waals surface area contributed by atoms with E-state index in [1.54, 1.807) is 0 Å². The van der Waals surface area contributed by atoms with Crippen LogP contribution in [0.15, 0.2) is 30.3 Å². The average molecular weight is 447 g/mol. The van der Waals surface area contributed by atoms with Crippen molar-refractivity contribution in [2.75, 3.05) is 6.61 Å². The Morgan fingerprint density at radius 3 is 2.50 bits per heavy atom. The van der Waals surface area contributed by atoms with Crippen LogP contribution < -0.4 is 4.74 Å². The lowest BCUT2D eigenvalue weighted by Gasteiger charge is -2.15. The molecule has 0 unspecified atom stereocenters. The average Bonchev–Trinajstić information content (AvgIpc) is 2.93. The summed E-state index contributed by atoms with van der Waals surface area (Å²) in [5.74, 6) is 0.177. The number of pyridine rings is 1. The first kappa shape index (κ1) is 22.3.